The third-order valence-electron chi connectivity index (χ3n) is 2.43. The van der Waals surface area contributed by atoms with Gasteiger partial charge in [0, 0.05) is 11.8 Å². The standard InChI is InChI=1S/C12H14N4O2/c1-8-6-11(17)16(12(14-8)18-2)7-9-4-3-5-10(13)15-9/h3-6H,7H2,1-2H3,(H2,13,15). The van der Waals surface area contributed by atoms with E-state index in [1.54, 1.807) is 25.1 Å². The number of hydrogen-bond donors (Lipinski definition) is 1. The largest absolute Gasteiger partial charge is 0.468 e. The minimum absolute atomic E-state index is 0.177. The molecular formula is C12H14N4O2. The molecule has 0 aromatic carbocycles. The Morgan fingerprint density at radius 2 is 2.17 bits per heavy atom. The third-order valence-corrected chi connectivity index (χ3v) is 2.43. The molecule has 2 N–H and O–H groups in total. The Kier molecular flexibility index (Phi) is 3.27. The van der Waals surface area contributed by atoms with Gasteiger partial charge in [0.25, 0.3) is 11.6 Å². The zero-order valence-electron chi connectivity index (χ0n) is 10.3. The molecule has 2 rings (SSSR count). The molecule has 18 heavy (non-hydrogen) atoms. The highest BCUT2D eigenvalue weighted by Crippen LogP contribution is 2.08. The fraction of sp³-hybridized carbons (Fsp3) is 0.250. The van der Waals surface area contributed by atoms with Crippen molar-refractivity contribution in [1.82, 2.24) is 14.5 Å². The first kappa shape index (κ1) is 12.1. The summed E-state index contributed by atoms with van der Waals surface area (Å²) in [6.45, 7) is 2.02. The Labute approximate surface area is 104 Å². The Morgan fingerprint density at radius 3 is 2.83 bits per heavy atom. The van der Waals surface area contributed by atoms with Crippen molar-refractivity contribution in [2.45, 2.75) is 13.5 Å². The summed E-state index contributed by atoms with van der Waals surface area (Å²) in [6, 6.07) is 6.99. The maximum Gasteiger partial charge on any atom is 0.299 e. The molecule has 0 radical (unpaired) electrons. The number of nitrogens with two attached hydrogens (primary N) is 1. The van der Waals surface area contributed by atoms with Crippen LogP contribution in [-0.4, -0.2) is 21.6 Å². The highest BCUT2D eigenvalue weighted by molar-refractivity contribution is 5.29. The zero-order valence-corrected chi connectivity index (χ0v) is 10.3. The molecule has 6 nitrogen and oxygen atoms in total. The lowest BCUT2D eigenvalue weighted by atomic mass is 10.3. The number of nitrogen functional groups attached to an aromatic ring is 1. The van der Waals surface area contributed by atoms with Gasteiger partial charge in [-0.05, 0) is 19.1 Å². The van der Waals surface area contributed by atoms with Gasteiger partial charge in [-0.2, -0.15) is 0 Å². The molecule has 0 amide bonds. The van der Waals surface area contributed by atoms with Gasteiger partial charge >= 0.3 is 0 Å². The van der Waals surface area contributed by atoms with E-state index in [1.165, 1.54) is 17.7 Å². The van der Waals surface area contributed by atoms with Crippen LogP contribution in [0.25, 0.3) is 0 Å². The maximum atomic E-state index is 11.9. The predicted octanol–water partition coefficient (Wildman–Crippen LogP) is 0.586. The van der Waals surface area contributed by atoms with Crippen molar-refractivity contribution in [3.63, 3.8) is 0 Å². The third kappa shape index (κ3) is 2.48. The van der Waals surface area contributed by atoms with Gasteiger partial charge < -0.3 is 10.5 Å². The molecule has 0 saturated carbocycles. The molecule has 0 aliphatic rings. The van der Waals surface area contributed by atoms with E-state index < -0.39 is 0 Å². The van der Waals surface area contributed by atoms with E-state index in [9.17, 15) is 4.79 Å². The van der Waals surface area contributed by atoms with E-state index in [2.05, 4.69) is 9.97 Å². The second-order valence-corrected chi connectivity index (χ2v) is 3.86. The van der Waals surface area contributed by atoms with Gasteiger partial charge in [-0.3, -0.25) is 9.36 Å². The van der Waals surface area contributed by atoms with Gasteiger partial charge in [0.05, 0.1) is 19.3 Å². The van der Waals surface area contributed by atoms with Gasteiger partial charge in [-0.1, -0.05) is 6.07 Å². The highest BCUT2D eigenvalue weighted by atomic mass is 16.5. The lowest BCUT2D eigenvalue weighted by Gasteiger charge is -2.10. The average molecular weight is 246 g/mol. The number of methoxy groups -OCH3 is 1. The summed E-state index contributed by atoms with van der Waals surface area (Å²) in [4.78, 5) is 20.2. The van der Waals surface area contributed by atoms with Gasteiger partial charge in [-0.25, -0.2) is 9.97 Å². The van der Waals surface area contributed by atoms with Crippen molar-refractivity contribution in [3.8, 4) is 6.01 Å². The molecule has 0 saturated heterocycles. The molecule has 94 valence electrons. The summed E-state index contributed by atoms with van der Waals surface area (Å²) in [7, 11) is 1.48. The number of ether oxygens (including phenoxy) is 1. The number of aryl methyl sites for hydroxylation is 1. The molecule has 0 atom stereocenters. The number of hydrogen-bond acceptors (Lipinski definition) is 5. The number of anilines is 1. The average Bonchev–Trinajstić information content (AvgIpc) is 2.32. The van der Waals surface area contributed by atoms with Gasteiger partial charge in [0.2, 0.25) is 0 Å². The van der Waals surface area contributed by atoms with Crippen molar-refractivity contribution >= 4 is 5.82 Å². The number of rotatable bonds is 3. The number of nitrogens with zero attached hydrogens (tertiary/aromatic N) is 3. The first-order valence-corrected chi connectivity index (χ1v) is 5.44. The van der Waals surface area contributed by atoms with E-state index in [-0.39, 0.29) is 18.1 Å². The molecule has 0 spiro atoms. The molecule has 0 bridgehead atoms. The molecule has 2 aromatic heterocycles. The maximum absolute atomic E-state index is 11.9. The van der Waals surface area contributed by atoms with E-state index >= 15 is 0 Å². The highest BCUT2D eigenvalue weighted by Gasteiger charge is 2.08. The van der Waals surface area contributed by atoms with Crippen LogP contribution in [-0.2, 0) is 6.54 Å². The molecular weight excluding hydrogens is 232 g/mol. The van der Waals surface area contributed by atoms with Crippen molar-refractivity contribution in [2.75, 3.05) is 12.8 Å². The van der Waals surface area contributed by atoms with Crippen molar-refractivity contribution in [2.24, 2.45) is 0 Å². The molecule has 0 unspecified atom stereocenters. The summed E-state index contributed by atoms with van der Waals surface area (Å²) in [6.07, 6.45) is 0. The first-order chi connectivity index (χ1) is 8.60. The van der Waals surface area contributed by atoms with Gasteiger partial charge in [-0.15, -0.1) is 0 Å². The number of pyridine rings is 1. The van der Waals surface area contributed by atoms with Gasteiger partial charge in [0.1, 0.15) is 5.82 Å². The Balaban J connectivity index is 2.43. The van der Waals surface area contributed by atoms with Crippen LogP contribution in [0.15, 0.2) is 29.1 Å². The van der Waals surface area contributed by atoms with Crippen LogP contribution in [0.1, 0.15) is 11.4 Å². The van der Waals surface area contributed by atoms with Crippen molar-refractivity contribution in [3.05, 3.63) is 46.0 Å². The Morgan fingerprint density at radius 1 is 1.39 bits per heavy atom. The minimum Gasteiger partial charge on any atom is -0.468 e. The fourth-order valence-electron chi connectivity index (χ4n) is 1.64. The summed E-state index contributed by atoms with van der Waals surface area (Å²) >= 11 is 0. The summed E-state index contributed by atoms with van der Waals surface area (Å²) in [5, 5.41) is 0. The smallest absolute Gasteiger partial charge is 0.299 e. The Hall–Kier alpha value is -2.37. The van der Waals surface area contributed by atoms with Crippen molar-refractivity contribution in [1.29, 1.82) is 0 Å². The van der Waals surface area contributed by atoms with Crippen LogP contribution in [0.2, 0.25) is 0 Å². The number of aromatic nitrogens is 3. The van der Waals surface area contributed by atoms with E-state index in [0.29, 0.717) is 17.2 Å². The second-order valence-electron chi connectivity index (χ2n) is 3.86. The molecule has 6 heteroatoms. The Bertz CT molecular complexity index is 622. The van der Waals surface area contributed by atoms with E-state index in [0.717, 1.165) is 0 Å². The summed E-state index contributed by atoms with van der Waals surface area (Å²) in [5.41, 5.74) is 6.72. The van der Waals surface area contributed by atoms with E-state index in [4.69, 9.17) is 10.5 Å². The van der Waals surface area contributed by atoms with Crippen molar-refractivity contribution < 1.29 is 4.74 Å². The topological polar surface area (TPSA) is 83.0 Å². The van der Waals surface area contributed by atoms with E-state index in [1.807, 2.05) is 0 Å². The predicted molar refractivity (Wildman–Crippen MR) is 67.5 cm³/mol. The van der Waals surface area contributed by atoms with Crippen LogP contribution in [0.4, 0.5) is 5.82 Å². The molecule has 2 aromatic rings. The molecule has 2 heterocycles. The fourth-order valence-corrected chi connectivity index (χ4v) is 1.64. The molecule has 0 aliphatic carbocycles. The van der Waals surface area contributed by atoms with Crippen LogP contribution in [0.3, 0.4) is 0 Å². The lowest BCUT2D eigenvalue weighted by molar-refractivity contribution is 0.349. The first-order valence-electron chi connectivity index (χ1n) is 5.44. The minimum atomic E-state index is -0.177. The van der Waals surface area contributed by atoms with Crippen LogP contribution >= 0.6 is 0 Å². The van der Waals surface area contributed by atoms with Crippen LogP contribution < -0.4 is 16.0 Å². The molecule has 0 aliphatic heterocycles. The summed E-state index contributed by atoms with van der Waals surface area (Å²) < 4.78 is 6.51. The molecule has 0 fully saturated rings. The summed E-state index contributed by atoms with van der Waals surface area (Å²) in [5.74, 6) is 0.416. The quantitative estimate of drug-likeness (QED) is 0.856. The monoisotopic (exact) mass is 246 g/mol. The lowest BCUT2D eigenvalue weighted by Crippen LogP contribution is -2.23. The normalized spacial score (nSPS) is 10.3. The van der Waals surface area contributed by atoms with Crippen LogP contribution in [0.5, 0.6) is 6.01 Å². The van der Waals surface area contributed by atoms with Gasteiger partial charge in [0.15, 0.2) is 0 Å². The zero-order chi connectivity index (χ0) is 13.1. The second kappa shape index (κ2) is 4.87. The van der Waals surface area contributed by atoms with Crippen LogP contribution in [0, 0.1) is 6.92 Å². The SMILES string of the molecule is COc1nc(C)cc(=O)n1Cc1cccc(N)n1.